The van der Waals surface area contributed by atoms with Gasteiger partial charge in [0.25, 0.3) is 0 Å². The van der Waals surface area contributed by atoms with Gasteiger partial charge in [-0.3, -0.25) is 4.31 Å². The maximum Gasteiger partial charge on any atom is 0.232 e. The van der Waals surface area contributed by atoms with Crippen LogP contribution in [0.3, 0.4) is 0 Å². The molecule has 114 valence electrons. The monoisotopic (exact) mass is 320 g/mol. The summed E-state index contributed by atoms with van der Waals surface area (Å²) < 4.78 is 49.3. The van der Waals surface area contributed by atoms with Crippen LogP contribution in [-0.2, 0) is 20.0 Å². The molecule has 0 spiro atoms. The summed E-state index contributed by atoms with van der Waals surface area (Å²) in [6, 6.07) is 5.46. The summed E-state index contributed by atoms with van der Waals surface area (Å²) in [5.74, 6) is 0. The second-order valence-corrected chi connectivity index (χ2v) is 8.59. The van der Waals surface area contributed by atoms with Crippen LogP contribution in [0, 0.1) is 13.8 Å². The van der Waals surface area contributed by atoms with Crippen LogP contribution in [0.4, 0.5) is 5.69 Å². The van der Waals surface area contributed by atoms with Crippen molar-refractivity contribution in [2.75, 3.05) is 29.9 Å². The Labute approximate surface area is 120 Å². The van der Waals surface area contributed by atoms with Crippen molar-refractivity contribution in [2.45, 2.75) is 13.8 Å². The zero-order valence-electron chi connectivity index (χ0n) is 12.0. The van der Waals surface area contributed by atoms with E-state index in [9.17, 15) is 16.8 Å². The van der Waals surface area contributed by atoms with E-state index in [1.165, 1.54) is 4.31 Å². The lowest BCUT2D eigenvalue weighted by Crippen LogP contribution is -2.37. The van der Waals surface area contributed by atoms with Gasteiger partial charge in [0.1, 0.15) is 0 Å². The van der Waals surface area contributed by atoms with Gasteiger partial charge in [-0.2, -0.15) is 0 Å². The highest BCUT2D eigenvalue weighted by molar-refractivity contribution is 7.92. The topological polar surface area (TPSA) is 83.6 Å². The molecular weight excluding hydrogens is 300 g/mol. The second kappa shape index (κ2) is 6.11. The van der Waals surface area contributed by atoms with Crippen LogP contribution in [0.1, 0.15) is 11.1 Å². The van der Waals surface area contributed by atoms with Crippen LogP contribution in [0.15, 0.2) is 18.2 Å². The molecule has 0 saturated carbocycles. The van der Waals surface area contributed by atoms with Gasteiger partial charge in [0.05, 0.1) is 18.2 Å². The van der Waals surface area contributed by atoms with Crippen molar-refractivity contribution in [1.82, 2.24) is 4.72 Å². The van der Waals surface area contributed by atoms with Crippen LogP contribution in [-0.4, -0.2) is 42.4 Å². The fourth-order valence-electron chi connectivity index (χ4n) is 1.91. The van der Waals surface area contributed by atoms with Gasteiger partial charge in [-0.1, -0.05) is 6.07 Å². The third-order valence-corrected chi connectivity index (χ3v) is 4.50. The Bertz CT molecular complexity index is 661. The molecule has 0 aromatic heterocycles. The number of benzene rings is 1. The average molecular weight is 320 g/mol. The van der Waals surface area contributed by atoms with Crippen LogP contribution >= 0.6 is 0 Å². The number of anilines is 1. The molecule has 0 aliphatic rings. The first-order valence-corrected chi connectivity index (χ1v) is 9.74. The summed E-state index contributed by atoms with van der Waals surface area (Å²) >= 11 is 0. The Kier molecular flexibility index (Phi) is 5.17. The molecule has 0 unspecified atom stereocenters. The molecule has 1 aromatic carbocycles. The number of aryl methyl sites for hydroxylation is 2. The molecule has 1 aromatic rings. The van der Waals surface area contributed by atoms with Gasteiger partial charge in [-0.15, -0.1) is 0 Å². The van der Waals surface area contributed by atoms with Crippen molar-refractivity contribution in [3.63, 3.8) is 0 Å². The molecule has 0 radical (unpaired) electrons. The van der Waals surface area contributed by atoms with Crippen molar-refractivity contribution in [3.8, 4) is 0 Å². The Morgan fingerprint density at radius 1 is 1.00 bits per heavy atom. The van der Waals surface area contributed by atoms with Gasteiger partial charge in [0, 0.05) is 13.1 Å². The molecule has 6 nitrogen and oxygen atoms in total. The van der Waals surface area contributed by atoms with Crippen LogP contribution in [0.2, 0.25) is 0 Å². The quantitative estimate of drug-likeness (QED) is 0.833. The Balaban J connectivity index is 3.02. The first-order chi connectivity index (χ1) is 8.99. The lowest BCUT2D eigenvalue weighted by molar-refractivity contribution is 0.583. The molecule has 0 atom stereocenters. The van der Waals surface area contributed by atoms with Crippen molar-refractivity contribution in [2.24, 2.45) is 0 Å². The van der Waals surface area contributed by atoms with E-state index in [2.05, 4.69) is 4.72 Å². The largest absolute Gasteiger partial charge is 0.269 e. The number of rotatable bonds is 6. The Morgan fingerprint density at radius 2 is 1.50 bits per heavy atom. The van der Waals surface area contributed by atoms with E-state index in [0.717, 1.165) is 23.6 Å². The van der Waals surface area contributed by atoms with E-state index in [-0.39, 0.29) is 13.1 Å². The lowest BCUT2D eigenvalue weighted by Gasteiger charge is -2.23. The number of sulfonamides is 2. The van der Waals surface area contributed by atoms with Crippen molar-refractivity contribution in [3.05, 3.63) is 29.3 Å². The third-order valence-electron chi connectivity index (χ3n) is 2.57. The minimum atomic E-state index is -3.47. The minimum Gasteiger partial charge on any atom is -0.269 e. The number of hydrogen-bond donors (Lipinski definition) is 1. The van der Waals surface area contributed by atoms with Crippen molar-refractivity contribution >= 4 is 25.7 Å². The van der Waals surface area contributed by atoms with Gasteiger partial charge >= 0.3 is 0 Å². The molecule has 0 aliphatic carbocycles. The fraction of sp³-hybridized carbons (Fsp3) is 0.500. The van der Waals surface area contributed by atoms with Crippen LogP contribution in [0.5, 0.6) is 0 Å². The molecule has 20 heavy (non-hydrogen) atoms. The summed E-state index contributed by atoms with van der Waals surface area (Å²) in [5, 5.41) is 0. The number of nitrogens with zero attached hydrogens (tertiary/aromatic N) is 1. The van der Waals surface area contributed by atoms with E-state index in [4.69, 9.17) is 0 Å². The molecule has 0 bridgehead atoms. The molecule has 0 saturated heterocycles. The molecule has 1 N–H and O–H groups in total. The fourth-order valence-corrected chi connectivity index (χ4v) is 3.29. The highest BCUT2D eigenvalue weighted by atomic mass is 32.2. The zero-order valence-corrected chi connectivity index (χ0v) is 13.7. The third kappa shape index (κ3) is 5.48. The van der Waals surface area contributed by atoms with Gasteiger partial charge in [-0.25, -0.2) is 21.6 Å². The first kappa shape index (κ1) is 16.9. The van der Waals surface area contributed by atoms with E-state index in [0.29, 0.717) is 5.69 Å². The van der Waals surface area contributed by atoms with Gasteiger partial charge in [0.15, 0.2) is 0 Å². The molecule has 1 rings (SSSR count). The Morgan fingerprint density at radius 3 is 1.90 bits per heavy atom. The number of hydrogen-bond acceptors (Lipinski definition) is 4. The molecule has 0 amide bonds. The highest BCUT2D eigenvalue weighted by Gasteiger charge is 2.18. The zero-order chi connectivity index (χ0) is 15.6. The highest BCUT2D eigenvalue weighted by Crippen LogP contribution is 2.20. The standard InChI is InChI=1S/C12H20N2O4S2/c1-10-7-11(2)9-12(8-10)14(20(4,17)18)6-5-13-19(3,15)16/h7-9,13H,5-6H2,1-4H3. The van der Waals surface area contributed by atoms with Crippen LogP contribution < -0.4 is 9.03 Å². The van der Waals surface area contributed by atoms with E-state index >= 15 is 0 Å². The van der Waals surface area contributed by atoms with Crippen molar-refractivity contribution < 1.29 is 16.8 Å². The average Bonchev–Trinajstić information content (AvgIpc) is 2.19. The smallest absolute Gasteiger partial charge is 0.232 e. The SMILES string of the molecule is Cc1cc(C)cc(N(CCNS(C)(=O)=O)S(C)(=O)=O)c1. The van der Waals surface area contributed by atoms with E-state index in [1.807, 2.05) is 19.9 Å². The minimum absolute atomic E-state index is 0.0267. The van der Waals surface area contributed by atoms with Gasteiger partial charge < -0.3 is 0 Å². The summed E-state index contributed by atoms with van der Waals surface area (Å²) in [7, 11) is -6.81. The molecule has 0 heterocycles. The molecule has 0 fully saturated rings. The van der Waals surface area contributed by atoms with Gasteiger partial charge in [-0.05, 0) is 37.1 Å². The summed E-state index contributed by atoms with van der Waals surface area (Å²) in [6.07, 6.45) is 2.14. The summed E-state index contributed by atoms with van der Waals surface area (Å²) in [6.45, 7) is 3.84. The molecule has 0 aliphatic heterocycles. The van der Waals surface area contributed by atoms with Gasteiger partial charge in [0.2, 0.25) is 20.0 Å². The predicted molar refractivity (Wildman–Crippen MR) is 81.0 cm³/mol. The lowest BCUT2D eigenvalue weighted by atomic mass is 10.1. The normalized spacial score (nSPS) is 12.4. The Hall–Kier alpha value is -1.12. The summed E-state index contributed by atoms with van der Waals surface area (Å²) in [4.78, 5) is 0. The summed E-state index contributed by atoms with van der Waals surface area (Å²) in [5.41, 5.74) is 2.44. The second-order valence-electron chi connectivity index (χ2n) is 4.85. The number of nitrogens with one attached hydrogen (secondary N) is 1. The van der Waals surface area contributed by atoms with E-state index < -0.39 is 20.0 Å². The van der Waals surface area contributed by atoms with Crippen molar-refractivity contribution in [1.29, 1.82) is 0 Å². The predicted octanol–water partition coefficient (Wildman–Crippen LogP) is 0.619. The molecular formula is C12H20N2O4S2. The molecule has 8 heteroatoms. The maximum absolute atomic E-state index is 11.9. The first-order valence-electron chi connectivity index (χ1n) is 6.00. The van der Waals surface area contributed by atoms with E-state index in [1.54, 1.807) is 12.1 Å². The van der Waals surface area contributed by atoms with Crippen LogP contribution in [0.25, 0.3) is 0 Å². The maximum atomic E-state index is 11.9.